The van der Waals surface area contributed by atoms with Crippen LogP contribution >= 0.6 is 11.6 Å². The molecule has 2 aromatic rings. The van der Waals surface area contributed by atoms with Gasteiger partial charge in [-0.15, -0.1) is 0 Å². The highest BCUT2D eigenvalue weighted by Gasteiger charge is 2.11. The Hall–Kier alpha value is -2.14. The number of hydrogen-bond donors (Lipinski definition) is 1. The van der Waals surface area contributed by atoms with E-state index in [9.17, 15) is 13.6 Å². The smallest absolute Gasteiger partial charge is 0.258 e. The van der Waals surface area contributed by atoms with Gasteiger partial charge in [0.15, 0.2) is 6.61 Å². The Balaban J connectivity index is 1.87. The van der Waals surface area contributed by atoms with Gasteiger partial charge in [0.1, 0.15) is 17.4 Å². The molecule has 0 aliphatic carbocycles. The van der Waals surface area contributed by atoms with Crippen LogP contribution in [0.5, 0.6) is 5.75 Å². The average molecular weight is 326 g/mol. The van der Waals surface area contributed by atoms with Crippen molar-refractivity contribution in [1.82, 2.24) is 5.32 Å². The number of benzene rings is 2. The van der Waals surface area contributed by atoms with E-state index < -0.39 is 5.82 Å². The molecule has 116 valence electrons. The van der Waals surface area contributed by atoms with E-state index in [4.69, 9.17) is 16.3 Å². The fraction of sp³-hybridized carbons (Fsp3) is 0.188. The largest absolute Gasteiger partial charge is 0.484 e. The third-order valence-corrected chi connectivity index (χ3v) is 3.30. The normalized spacial score (nSPS) is 11.8. The molecule has 0 heterocycles. The first kappa shape index (κ1) is 16.2. The lowest BCUT2D eigenvalue weighted by Gasteiger charge is -2.14. The van der Waals surface area contributed by atoms with Crippen LogP contribution in [-0.4, -0.2) is 12.5 Å². The summed E-state index contributed by atoms with van der Waals surface area (Å²) in [7, 11) is 0. The monoisotopic (exact) mass is 325 g/mol. The van der Waals surface area contributed by atoms with E-state index in [1.54, 1.807) is 19.1 Å². The molecule has 1 N–H and O–H groups in total. The SMILES string of the molecule is CC(NC(=O)COc1ccc(F)c(Cl)c1)c1ccc(F)cc1. The van der Waals surface area contributed by atoms with Crippen LogP contribution in [0.2, 0.25) is 5.02 Å². The first-order valence-corrected chi connectivity index (χ1v) is 6.96. The Morgan fingerprint density at radius 2 is 1.91 bits per heavy atom. The maximum Gasteiger partial charge on any atom is 0.258 e. The maximum absolute atomic E-state index is 13.0. The van der Waals surface area contributed by atoms with Crippen molar-refractivity contribution in [3.63, 3.8) is 0 Å². The molecule has 0 saturated carbocycles. The number of carbonyl (C=O) groups excluding carboxylic acids is 1. The van der Waals surface area contributed by atoms with Crippen LogP contribution < -0.4 is 10.1 Å². The van der Waals surface area contributed by atoms with E-state index >= 15 is 0 Å². The lowest BCUT2D eigenvalue weighted by atomic mass is 10.1. The Bertz CT molecular complexity index is 662. The van der Waals surface area contributed by atoms with Crippen molar-refractivity contribution in [2.24, 2.45) is 0 Å². The quantitative estimate of drug-likeness (QED) is 0.906. The van der Waals surface area contributed by atoms with Crippen molar-refractivity contribution >= 4 is 17.5 Å². The van der Waals surface area contributed by atoms with Crippen LogP contribution in [0.3, 0.4) is 0 Å². The van der Waals surface area contributed by atoms with Gasteiger partial charge in [-0.25, -0.2) is 8.78 Å². The molecule has 2 rings (SSSR count). The van der Waals surface area contributed by atoms with E-state index in [0.29, 0.717) is 5.75 Å². The molecule has 22 heavy (non-hydrogen) atoms. The van der Waals surface area contributed by atoms with Crippen LogP contribution in [0.25, 0.3) is 0 Å². The molecule has 0 fully saturated rings. The molecule has 0 aliphatic rings. The summed E-state index contributed by atoms with van der Waals surface area (Å²) in [5.41, 5.74) is 0.777. The second-order valence-electron chi connectivity index (χ2n) is 4.71. The second kappa shape index (κ2) is 7.22. The fourth-order valence-electron chi connectivity index (χ4n) is 1.83. The van der Waals surface area contributed by atoms with Gasteiger partial charge in [-0.05, 0) is 36.8 Å². The highest BCUT2D eigenvalue weighted by Crippen LogP contribution is 2.21. The zero-order valence-corrected chi connectivity index (χ0v) is 12.5. The maximum atomic E-state index is 13.0. The van der Waals surface area contributed by atoms with E-state index in [1.807, 2.05) is 0 Å². The Morgan fingerprint density at radius 1 is 1.23 bits per heavy atom. The van der Waals surface area contributed by atoms with Gasteiger partial charge in [0.25, 0.3) is 5.91 Å². The van der Waals surface area contributed by atoms with Crippen molar-refractivity contribution in [3.8, 4) is 5.75 Å². The summed E-state index contributed by atoms with van der Waals surface area (Å²) in [6.07, 6.45) is 0. The zero-order valence-electron chi connectivity index (χ0n) is 11.8. The summed E-state index contributed by atoms with van der Waals surface area (Å²) < 4.78 is 31.1. The minimum Gasteiger partial charge on any atom is -0.484 e. The van der Waals surface area contributed by atoms with Gasteiger partial charge in [-0.3, -0.25) is 4.79 Å². The van der Waals surface area contributed by atoms with Crippen LogP contribution in [0.1, 0.15) is 18.5 Å². The topological polar surface area (TPSA) is 38.3 Å². The third kappa shape index (κ3) is 4.43. The van der Waals surface area contributed by atoms with Crippen molar-refractivity contribution in [1.29, 1.82) is 0 Å². The van der Waals surface area contributed by atoms with Gasteiger partial charge in [-0.1, -0.05) is 23.7 Å². The van der Waals surface area contributed by atoms with Crippen molar-refractivity contribution in [2.75, 3.05) is 6.61 Å². The zero-order chi connectivity index (χ0) is 16.1. The van der Waals surface area contributed by atoms with Crippen LogP contribution in [0.15, 0.2) is 42.5 Å². The number of halogens is 3. The summed E-state index contributed by atoms with van der Waals surface area (Å²) in [4.78, 5) is 11.8. The van der Waals surface area contributed by atoms with E-state index in [-0.39, 0.29) is 29.4 Å². The Kier molecular flexibility index (Phi) is 5.33. The fourth-order valence-corrected chi connectivity index (χ4v) is 2.00. The number of nitrogens with one attached hydrogen (secondary N) is 1. The average Bonchev–Trinajstić information content (AvgIpc) is 2.49. The minimum atomic E-state index is -0.552. The van der Waals surface area contributed by atoms with Crippen LogP contribution in [0, 0.1) is 11.6 Å². The lowest BCUT2D eigenvalue weighted by Crippen LogP contribution is -2.31. The van der Waals surface area contributed by atoms with Crippen molar-refractivity contribution < 1.29 is 18.3 Å². The highest BCUT2D eigenvalue weighted by atomic mass is 35.5. The van der Waals surface area contributed by atoms with Crippen molar-refractivity contribution in [2.45, 2.75) is 13.0 Å². The molecular weight excluding hydrogens is 312 g/mol. The number of rotatable bonds is 5. The van der Waals surface area contributed by atoms with Gasteiger partial charge in [0.2, 0.25) is 0 Å². The number of ether oxygens (including phenoxy) is 1. The second-order valence-corrected chi connectivity index (χ2v) is 5.11. The van der Waals surface area contributed by atoms with Gasteiger partial charge in [0, 0.05) is 6.07 Å². The number of amides is 1. The minimum absolute atomic E-state index is 0.0717. The Labute approximate surface area is 131 Å². The first-order valence-electron chi connectivity index (χ1n) is 6.58. The molecule has 0 spiro atoms. The molecule has 2 aromatic carbocycles. The predicted octanol–water partition coefficient (Wildman–Crippen LogP) is 3.87. The molecular formula is C16H14ClF2NO2. The molecule has 0 radical (unpaired) electrons. The molecule has 0 aromatic heterocycles. The summed E-state index contributed by atoms with van der Waals surface area (Å²) in [5.74, 6) is -0.935. The molecule has 0 saturated heterocycles. The van der Waals surface area contributed by atoms with Gasteiger partial charge in [0.05, 0.1) is 11.1 Å². The molecule has 1 unspecified atom stereocenters. The predicted molar refractivity (Wildman–Crippen MR) is 79.9 cm³/mol. The summed E-state index contributed by atoms with van der Waals surface area (Å²) in [5, 5.41) is 2.65. The molecule has 1 amide bonds. The summed E-state index contributed by atoms with van der Waals surface area (Å²) in [6.45, 7) is 1.55. The summed E-state index contributed by atoms with van der Waals surface area (Å²) >= 11 is 5.62. The van der Waals surface area contributed by atoms with Gasteiger partial charge < -0.3 is 10.1 Å². The summed E-state index contributed by atoms with van der Waals surface area (Å²) in [6, 6.07) is 9.42. The highest BCUT2D eigenvalue weighted by molar-refractivity contribution is 6.30. The van der Waals surface area contributed by atoms with Crippen LogP contribution in [-0.2, 0) is 4.79 Å². The number of hydrogen-bond acceptors (Lipinski definition) is 2. The van der Waals surface area contributed by atoms with E-state index in [1.165, 1.54) is 24.3 Å². The molecule has 0 aliphatic heterocycles. The van der Waals surface area contributed by atoms with E-state index in [2.05, 4.69) is 5.32 Å². The third-order valence-electron chi connectivity index (χ3n) is 3.01. The van der Waals surface area contributed by atoms with Crippen LogP contribution in [0.4, 0.5) is 8.78 Å². The van der Waals surface area contributed by atoms with Crippen molar-refractivity contribution in [3.05, 3.63) is 64.7 Å². The number of carbonyl (C=O) groups is 1. The lowest BCUT2D eigenvalue weighted by molar-refractivity contribution is -0.123. The standard InChI is InChI=1S/C16H14ClF2NO2/c1-10(11-2-4-12(18)5-3-11)20-16(21)9-22-13-6-7-15(19)14(17)8-13/h2-8,10H,9H2,1H3,(H,20,21). The molecule has 3 nitrogen and oxygen atoms in total. The first-order chi connectivity index (χ1) is 10.5. The van der Waals surface area contributed by atoms with E-state index in [0.717, 1.165) is 11.6 Å². The molecule has 0 bridgehead atoms. The molecule has 1 atom stereocenters. The molecule has 6 heteroatoms. The van der Waals surface area contributed by atoms with Gasteiger partial charge in [-0.2, -0.15) is 0 Å². The Morgan fingerprint density at radius 3 is 2.55 bits per heavy atom. The van der Waals surface area contributed by atoms with Gasteiger partial charge >= 0.3 is 0 Å².